The molecule has 0 aliphatic carbocycles. The number of anilines is 1. The monoisotopic (exact) mass is 283 g/mol. The number of carboxylic acids is 1. The maximum absolute atomic E-state index is 10.9. The molecule has 0 radical (unpaired) electrons. The zero-order valence-corrected chi connectivity index (χ0v) is 11.3. The van der Waals surface area contributed by atoms with Gasteiger partial charge in [0.1, 0.15) is 0 Å². The number of nitro groups is 1. The lowest BCUT2D eigenvalue weighted by Crippen LogP contribution is -2.26. The molecule has 0 spiro atoms. The first-order valence-electron chi connectivity index (χ1n) is 6.13. The van der Waals surface area contributed by atoms with Gasteiger partial charge in [0.05, 0.1) is 17.6 Å². The standard InChI is InChI=1S/C12H17N3O5/c1-3-4-8(7-20-2)13-11-10(15(18)19)6-5-9(14-11)12(16)17/h5-6,8H,3-4,7H2,1-2H3,(H,13,14)(H,16,17). The van der Waals surface area contributed by atoms with Crippen LogP contribution in [0.5, 0.6) is 0 Å². The van der Waals surface area contributed by atoms with Gasteiger partial charge in [-0.3, -0.25) is 10.1 Å². The Morgan fingerprint density at radius 3 is 2.80 bits per heavy atom. The minimum Gasteiger partial charge on any atom is -0.477 e. The second kappa shape index (κ2) is 7.39. The van der Waals surface area contributed by atoms with E-state index in [4.69, 9.17) is 9.84 Å². The highest BCUT2D eigenvalue weighted by molar-refractivity contribution is 5.86. The van der Waals surface area contributed by atoms with Gasteiger partial charge >= 0.3 is 11.7 Å². The van der Waals surface area contributed by atoms with Crippen LogP contribution in [0, 0.1) is 10.1 Å². The zero-order chi connectivity index (χ0) is 15.1. The van der Waals surface area contributed by atoms with Gasteiger partial charge in [-0.25, -0.2) is 9.78 Å². The van der Waals surface area contributed by atoms with Gasteiger partial charge in [0.15, 0.2) is 5.69 Å². The zero-order valence-electron chi connectivity index (χ0n) is 11.3. The minimum atomic E-state index is -1.23. The topological polar surface area (TPSA) is 115 Å². The van der Waals surface area contributed by atoms with E-state index in [0.717, 1.165) is 25.0 Å². The molecule has 0 saturated heterocycles. The summed E-state index contributed by atoms with van der Waals surface area (Å²) in [5.74, 6) is -1.29. The highest BCUT2D eigenvalue weighted by Crippen LogP contribution is 2.23. The highest BCUT2D eigenvalue weighted by atomic mass is 16.6. The number of carbonyl (C=O) groups is 1. The Bertz CT molecular complexity index is 486. The van der Waals surface area contributed by atoms with Gasteiger partial charge in [-0.15, -0.1) is 0 Å². The Hall–Kier alpha value is -2.22. The number of nitrogens with one attached hydrogen (secondary N) is 1. The smallest absolute Gasteiger partial charge is 0.354 e. The van der Waals surface area contributed by atoms with Crippen LogP contribution in [-0.4, -0.2) is 40.7 Å². The van der Waals surface area contributed by atoms with Crippen molar-refractivity contribution in [2.24, 2.45) is 0 Å². The normalized spacial score (nSPS) is 11.9. The van der Waals surface area contributed by atoms with E-state index in [-0.39, 0.29) is 23.2 Å². The van der Waals surface area contributed by atoms with Gasteiger partial charge in [-0.1, -0.05) is 13.3 Å². The molecule has 20 heavy (non-hydrogen) atoms. The molecule has 1 aromatic heterocycles. The summed E-state index contributed by atoms with van der Waals surface area (Å²) in [6.07, 6.45) is 1.58. The fraction of sp³-hybridized carbons (Fsp3) is 0.500. The Morgan fingerprint density at radius 2 is 2.30 bits per heavy atom. The number of methoxy groups -OCH3 is 1. The van der Waals surface area contributed by atoms with Crippen LogP contribution in [0.4, 0.5) is 11.5 Å². The van der Waals surface area contributed by atoms with Crippen molar-refractivity contribution in [2.75, 3.05) is 19.0 Å². The number of aromatic carboxylic acids is 1. The number of rotatable bonds is 8. The highest BCUT2D eigenvalue weighted by Gasteiger charge is 2.20. The molecule has 0 fully saturated rings. The molecule has 1 heterocycles. The molecule has 8 heteroatoms. The van der Waals surface area contributed by atoms with Crippen LogP contribution in [0.2, 0.25) is 0 Å². The quantitative estimate of drug-likeness (QED) is 0.553. The Morgan fingerprint density at radius 1 is 1.60 bits per heavy atom. The number of nitrogens with zero attached hydrogens (tertiary/aromatic N) is 2. The fourth-order valence-corrected chi connectivity index (χ4v) is 1.76. The van der Waals surface area contributed by atoms with Crippen molar-refractivity contribution in [2.45, 2.75) is 25.8 Å². The van der Waals surface area contributed by atoms with Gasteiger partial charge in [-0.05, 0) is 12.5 Å². The second-order valence-electron chi connectivity index (χ2n) is 4.21. The molecule has 1 unspecified atom stereocenters. The molecule has 0 amide bonds. The van der Waals surface area contributed by atoms with Crippen molar-refractivity contribution in [3.05, 3.63) is 27.9 Å². The molecule has 0 aliphatic heterocycles. The van der Waals surface area contributed by atoms with Gasteiger partial charge < -0.3 is 15.2 Å². The van der Waals surface area contributed by atoms with Crippen LogP contribution in [0.1, 0.15) is 30.3 Å². The summed E-state index contributed by atoms with van der Waals surface area (Å²) in [6, 6.07) is 2.08. The van der Waals surface area contributed by atoms with E-state index in [0.29, 0.717) is 6.61 Å². The summed E-state index contributed by atoms with van der Waals surface area (Å²) >= 11 is 0. The number of pyridine rings is 1. The Balaban J connectivity index is 3.07. The van der Waals surface area contributed by atoms with Gasteiger partial charge in [0.25, 0.3) is 0 Å². The number of hydrogen-bond donors (Lipinski definition) is 2. The van der Waals surface area contributed by atoms with Crippen molar-refractivity contribution >= 4 is 17.5 Å². The number of carboxylic acid groups (broad SMARTS) is 1. The molecule has 0 aliphatic rings. The van der Waals surface area contributed by atoms with E-state index in [1.807, 2.05) is 6.92 Å². The van der Waals surface area contributed by atoms with Crippen molar-refractivity contribution in [3.63, 3.8) is 0 Å². The third-order valence-corrected chi connectivity index (χ3v) is 2.64. The summed E-state index contributed by atoms with van der Waals surface area (Å²) in [4.78, 5) is 25.0. The first-order chi connectivity index (χ1) is 9.49. The first kappa shape index (κ1) is 15.8. The molecule has 0 aromatic carbocycles. The van der Waals surface area contributed by atoms with E-state index in [1.54, 1.807) is 0 Å². The summed E-state index contributed by atoms with van der Waals surface area (Å²) in [5, 5.41) is 22.7. The second-order valence-corrected chi connectivity index (χ2v) is 4.21. The summed E-state index contributed by atoms with van der Waals surface area (Å²) in [5.41, 5.74) is -0.502. The predicted octanol–water partition coefficient (Wildman–Crippen LogP) is 1.91. The molecule has 1 atom stereocenters. The molecule has 1 aromatic rings. The third-order valence-electron chi connectivity index (χ3n) is 2.64. The lowest BCUT2D eigenvalue weighted by atomic mass is 10.2. The summed E-state index contributed by atoms with van der Waals surface area (Å²) in [7, 11) is 1.53. The Kier molecular flexibility index (Phi) is 5.85. The van der Waals surface area contributed by atoms with Crippen LogP contribution >= 0.6 is 0 Å². The van der Waals surface area contributed by atoms with E-state index in [2.05, 4.69) is 10.3 Å². The number of ether oxygens (including phenoxy) is 1. The molecular formula is C12H17N3O5. The molecule has 1 rings (SSSR count). The third kappa shape index (κ3) is 4.16. The van der Waals surface area contributed by atoms with E-state index < -0.39 is 10.9 Å². The average Bonchev–Trinajstić information content (AvgIpc) is 2.38. The van der Waals surface area contributed by atoms with Crippen molar-refractivity contribution in [1.82, 2.24) is 4.98 Å². The predicted molar refractivity (Wildman–Crippen MR) is 72.0 cm³/mol. The fourth-order valence-electron chi connectivity index (χ4n) is 1.76. The lowest BCUT2D eigenvalue weighted by molar-refractivity contribution is -0.384. The molecule has 110 valence electrons. The van der Waals surface area contributed by atoms with Crippen molar-refractivity contribution in [3.8, 4) is 0 Å². The first-order valence-corrected chi connectivity index (χ1v) is 6.13. The van der Waals surface area contributed by atoms with Crippen LogP contribution in [-0.2, 0) is 4.74 Å². The van der Waals surface area contributed by atoms with E-state index in [9.17, 15) is 14.9 Å². The van der Waals surface area contributed by atoms with Crippen molar-refractivity contribution < 1.29 is 19.6 Å². The van der Waals surface area contributed by atoms with Gasteiger partial charge in [-0.2, -0.15) is 0 Å². The lowest BCUT2D eigenvalue weighted by Gasteiger charge is -2.17. The number of aromatic nitrogens is 1. The molecule has 0 bridgehead atoms. The molecular weight excluding hydrogens is 266 g/mol. The Labute approximate surface area is 115 Å². The van der Waals surface area contributed by atoms with Crippen LogP contribution < -0.4 is 5.32 Å². The number of hydrogen-bond acceptors (Lipinski definition) is 6. The van der Waals surface area contributed by atoms with Crippen LogP contribution in [0.3, 0.4) is 0 Å². The maximum atomic E-state index is 10.9. The maximum Gasteiger partial charge on any atom is 0.354 e. The molecule has 8 nitrogen and oxygen atoms in total. The summed E-state index contributed by atoms with van der Waals surface area (Å²) < 4.78 is 5.03. The van der Waals surface area contributed by atoms with Crippen LogP contribution in [0.25, 0.3) is 0 Å². The molecule has 0 saturated carbocycles. The van der Waals surface area contributed by atoms with Crippen LogP contribution in [0.15, 0.2) is 12.1 Å². The van der Waals surface area contributed by atoms with E-state index in [1.165, 1.54) is 7.11 Å². The average molecular weight is 283 g/mol. The van der Waals surface area contributed by atoms with E-state index >= 15 is 0 Å². The SMILES string of the molecule is CCCC(COC)Nc1nc(C(=O)O)ccc1[N+](=O)[O-]. The summed E-state index contributed by atoms with van der Waals surface area (Å²) in [6.45, 7) is 2.32. The van der Waals surface area contributed by atoms with Gasteiger partial charge in [0, 0.05) is 13.2 Å². The largest absolute Gasteiger partial charge is 0.477 e. The minimum absolute atomic E-state index is 0.0506. The van der Waals surface area contributed by atoms with Gasteiger partial charge in [0.2, 0.25) is 5.82 Å². The van der Waals surface area contributed by atoms with Crippen molar-refractivity contribution in [1.29, 1.82) is 0 Å². The molecule has 2 N–H and O–H groups in total.